The van der Waals surface area contributed by atoms with Gasteiger partial charge in [0.1, 0.15) is 23.2 Å². The van der Waals surface area contributed by atoms with Crippen LogP contribution in [-0.4, -0.2) is 25.5 Å². The lowest BCUT2D eigenvalue weighted by atomic mass is 9.87. The van der Waals surface area contributed by atoms with Gasteiger partial charge < -0.3 is 14.1 Å². The van der Waals surface area contributed by atoms with E-state index in [9.17, 15) is 4.79 Å². The van der Waals surface area contributed by atoms with Crippen LogP contribution in [0.15, 0.2) is 63.8 Å². The number of hydrogen-bond donors (Lipinski definition) is 0. The summed E-state index contributed by atoms with van der Waals surface area (Å²) in [5.41, 5.74) is 1.81. The SMILES string of the molecule is CN(C)CCC(Oc1ccc2oc(C3CCCCC3)cc(=O)c2c1)c1ccccc1. The van der Waals surface area contributed by atoms with Crippen LogP contribution in [0.25, 0.3) is 11.0 Å². The van der Waals surface area contributed by atoms with E-state index in [1.165, 1.54) is 19.3 Å². The van der Waals surface area contributed by atoms with Crippen molar-refractivity contribution < 1.29 is 9.15 Å². The van der Waals surface area contributed by atoms with Gasteiger partial charge in [-0.05, 0) is 50.7 Å². The lowest BCUT2D eigenvalue weighted by Gasteiger charge is -2.22. The van der Waals surface area contributed by atoms with Crippen LogP contribution in [0.4, 0.5) is 0 Å². The van der Waals surface area contributed by atoms with Crippen LogP contribution in [0.1, 0.15) is 61.9 Å². The minimum absolute atomic E-state index is 0.0202. The minimum atomic E-state index is -0.0698. The minimum Gasteiger partial charge on any atom is -0.486 e. The Hall–Kier alpha value is -2.59. The molecule has 158 valence electrons. The molecule has 0 amide bonds. The molecule has 0 aliphatic heterocycles. The van der Waals surface area contributed by atoms with Crippen LogP contribution in [-0.2, 0) is 0 Å². The molecule has 1 unspecified atom stereocenters. The predicted molar refractivity (Wildman–Crippen MR) is 121 cm³/mol. The Morgan fingerprint density at radius 1 is 1.03 bits per heavy atom. The topological polar surface area (TPSA) is 42.7 Å². The molecule has 1 aromatic heterocycles. The zero-order valence-corrected chi connectivity index (χ0v) is 18.0. The number of ether oxygens (including phenoxy) is 1. The quantitative estimate of drug-likeness (QED) is 0.490. The van der Waals surface area contributed by atoms with Crippen LogP contribution < -0.4 is 10.2 Å². The van der Waals surface area contributed by atoms with Crippen molar-refractivity contribution in [2.75, 3.05) is 20.6 Å². The van der Waals surface area contributed by atoms with E-state index in [1.54, 1.807) is 6.07 Å². The second kappa shape index (κ2) is 9.48. The summed E-state index contributed by atoms with van der Waals surface area (Å²) in [6.07, 6.45) is 6.73. The van der Waals surface area contributed by atoms with Gasteiger partial charge in [-0.2, -0.15) is 0 Å². The lowest BCUT2D eigenvalue weighted by Crippen LogP contribution is -2.18. The third-order valence-corrected chi connectivity index (χ3v) is 6.01. The molecule has 1 fully saturated rings. The standard InChI is InChI=1S/C26H31NO3/c1-27(2)16-15-24(19-9-5-3-6-10-19)29-21-13-14-25-22(17-21)23(28)18-26(30-25)20-11-7-4-8-12-20/h3,5-6,9-10,13-14,17-18,20,24H,4,7-8,11-12,15-16H2,1-2H3. The van der Waals surface area contributed by atoms with E-state index in [2.05, 4.69) is 31.1 Å². The Morgan fingerprint density at radius 3 is 2.53 bits per heavy atom. The second-order valence-corrected chi connectivity index (χ2v) is 8.62. The zero-order valence-electron chi connectivity index (χ0n) is 18.0. The molecule has 3 aromatic rings. The van der Waals surface area contributed by atoms with Gasteiger partial charge in [0.05, 0.1) is 5.39 Å². The Balaban J connectivity index is 1.60. The van der Waals surface area contributed by atoms with Crippen molar-refractivity contribution >= 4 is 11.0 Å². The molecule has 0 bridgehead atoms. The second-order valence-electron chi connectivity index (χ2n) is 8.62. The molecular formula is C26H31NO3. The molecule has 1 heterocycles. The van der Waals surface area contributed by atoms with E-state index in [-0.39, 0.29) is 11.5 Å². The van der Waals surface area contributed by atoms with Crippen molar-refractivity contribution in [1.29, 1.82) is 0 Å². The molecule has 4 rings (SSSR count). The van der Waals surface area contributed by atoms with E-state index in [4.69, 9.17) is 9.15 Å². The van der Waals surface area contributed by atoms with Crippen LogP contribution >= 0.6 is 0 Å². The largest absolute Gasteiger partial charge is 0.486 e. The van der Waals surface area contributed by atoms with Gasteiger partial charge in [0.25, 0.3) is 0 Å². The average molecular weight is 406 g/mol. The highest BCUT2D eigenvalue weighted by atomic mass is 16.5. The summed E-state index contributed by atoms with van der Waals surface area (Å²) in [6, 6.07) is 17.6. The molecule has 4 heteroatoms. The van der Waals surface area contributed by atoms with Crippen LogP contribution in [0.3, 0.4) is 0 Å². The van der Waals surface area contributed by atoms with Crippen LogP contribution in [0.5, 0.6) is 5.75 Å². The maximum Gasteiger partial charge on any atom is 0.193 e. The van der Waals surface area contributed by atoms with Gasteiger partial charge in [0, 0.05) is 24.9 Å². The summed E-state index contributed by atoms with van der Waals surface area (Å²) >= 11 is 0. The first kappa shape index (κ1) is 20.7. The van der Waals surface area contributed by atoms with Gasteiger partial charge in [0.15, 0.2) is 5.43 Å². The van der Waals surface area contributed by atoms with Crippen molar-refractivity contribution in [3.8, 4) is 5.75 Å². The molecular weight excluding hydrogens is 374 g/mol. The first-order chi connectivity index (χ1) is 14.6. The summed E-state index contributed by atoms with van der Waals surface area (Å²) in [5, 5.41) is 0.589. The zero-order chi connectivity index (χ0) is 20.9. The highest BCUT2D eigenvalue weighted by Gasteiger charge is 2.20. The Bertz CT molecular complexity index is 1020. The summed E-state index contributed by atoms with van der Waals surface area (Å²) in [7, 11) is 4.13. The van der Waals surface area contributed by atoms with Gasteiger partial charge in [-0.3, -0.25) is 4.79 Å². The normalized spacial score (nSPS) is 16.1. The fourth-order valence-electron chi connectivity index (χ4n) is 4.32. The third kappa shape index (κ3) is 4.93. The average Bonchev–Trinajstić information content (AvgIpc) is 2.78. The molecule has 0 radical (unpaired) electrons. The molecule has 4 nitrogen and oxygen atoms in total. The van der Waals surface area contributed by atoms with Gasteiger partial charge >= 0.3 is 0 Å². The summed E-state index contributed by atoms with van der Waals surface area (Å²) in [5.74, 6) is 1.92. The molecule has 0 saturated heterocycles. The maximum atomic E-state index is 12.8. The fraction of sp³-hybridized carbons (Fsp3) is 0.423. The highest BCUT2D eigenvalue weighted by molar-refractivity contribution is 5.78. The highest BCUT2D eigenvalue weighted by Crippen LogP contribution is 2.34. The molecule has 0 N–H and O–H groups in total. The van der Waals surface area contributed by atoms with E-state index < -0.39 is 0 Å². The smallest absolute Gasteiger partial charge is 0.193 e. The van der Waals surface area contributed by atoms with Crippen molar-refractivity contribution in [2.45, 2.75) is 50.5 Å². The number of rotatable bonds is 7. The van der Waals surface area contributed by atoms with Crippen molar-refractivity contribution in [3.63, 3.8) is 0 Å². The van der Waals surface area contributed by atoms with E-state index in [0.717, 1.165) is 37.1 Å². The van der Waals surface area contributed by atoms with Crippen LogP contribution in [0.2, 0.25) is 0 Å². The number of benzene rings is 2. The van der Waals surface area contributed by atoms with Crippen molar-refractivity contribution in [2.24, 2.45) is 0 Å². The molecule has 1 aliphatic rings. The van der Waals surface area contributed by atoms with Gasteiger partial charge in [-0.25, -0.2) is 0 Å². The first-order valence-corrected chi connectivity index (χ1v) is 11.0. The molecule has 1 saturated carbocycles. The molecule has 0 spiro atoms. The fourth-order valence-corrected chi connectivity index (χ4v) is 4.32. The Kier molecular flexibility index (Phi) is 6.53. The summed E-state index contributed by atoms with van der Waals surface area (Å²) < 4.78 is 12.5. The monoisotopic (exact) mass is 405 g/mol. The number of hydrogen-bond acceptors (Lipinski definition) is 4. The molecule has 2 aromatic carbocycles. The van der Waals surface area contributed by atoms with Crippen LogP contribution in [0, 0.1) is 0 Å². The first-order valence-electron chi connectivity index (χ1n) is 11.0. The van der Waals surface area contributed by atoms with Crippen molar-refractivity contribution in [3.05, 3.63) is 76.1 Å². The third-order valence-electron chi connectivity index (χ3n) is 6.01. The van der Waals surface area contributed by atoms with E-state index in [0.29, 0.717) is 22.6 Å². The molecule has 1 aliphatic carbocycles. The van der Waals surface area contributed by atoms with Crippen molar-refractivity contribution in [1.82, 2.24) is 4.90 Å². The summed E-state index contributed by atoms with van der Waals surface area (Å²) in [6.45, 7) is 0.917. The van der Waals surface area contributed by atoms with E-state index >= 15 is 0 Å². The van der Waals surface area contributed by atoms with Gasteiger partial charge in [-0.1, -0.05) is 49.6 Å². The number of fused-ring (bicyclic) bond motifs is 1. The summed E-state index contributed by atoms with van der Waals surface area (Å²) in [4.78, 5) is 15.0. The maximum absolute atomic E-state index is 12.8. The molecule has 1 atom stereocenters. The lowest BCUT2D eigenvalue weighted by molar-refractivity contribution is 0.179. The Morgan fingerprint density at radius 2 is 1.80 bits per heavy atom. The van der Waals surface area contributed by atoms with Gasteiger partial charge in [-0.15, -0.1) is 0 Å². The number of nitrogens with zero attached hydrogens (tertiary/aromatic N) is 1. The Labute approximate surface area is 178 Å². The predicted octanol–water partition coefficient (Wildman–Crippen LogP) is 5.91. The van der Waals surface area contributed by atoms with E-state index in [1.807, 2.05) is 36.4 Å². The molecule has 30 heavy (non-hydrogen) atoms. The van der Waals surface area contributed by atoms with Gasteiger partial charge in [0.2, 0.25) is 0 Å².